The molecular weight excluding hydrogens is 208 g/mol. The minimum atomic E-state index is 0.0330. The molecular formula is C16H26O. The Hall–Kier alpha value is -0.980. The number of phenolic OH excluding ortho intramolecular Hbond substituents is 1. The van der Waals surface area contributed by atoms with Crippen LogP contribution in [0.25, 0.3) is 0 Å². The Morgan fingerprint density at radius 1 is 1.00 bits per heavy atom. The molecule has 1 N–H and O–H groups in total. The molecule has 0 radical (unpaired) electrons. The van der Waals surface area contributed by atoms with Crippen molar-refractivity contribution in [3.05, 3.63) is 28.8 Å². The summed E-state index contributed by atoms with van der Waals surface area (Å²) in [5, 5.41) is 10.2. The van der Waals surface area contributed by atoms with E-state index in [4.69, 9.17) is 0 Å². The molecule has 0 amide bonds. The molecule has 96 valence electrons. The third-order valence-electron chi connectivity index (χ3n) is 3.76. The quantitative estimate of drug-likeness (QED) is 0.787. The maximum atomic E-state index is 10.2. The van der Waals surface area contributed by atoms with Crippen LogP contribution in [0.3, 0.4) is 0 Å². The lowest BCUT2D eigenvalue weighted by molar-refractivity contribution is 0.425. The Morgan fingerprint density at radius 2 is 1.53 bits per heavy atom. The van der Waals surface area contributed by atoms with E-state index < -0.39 is 0 Å². The summed E-state index contributed by atoms with van der Waals surface area (Å²) < 4.78 is 0. The average Bonchev–Trinajstić information content (AvgIpc) is 2.19. The maximum Gasteiger partial charge on any atom is 0.119 e. The van der Waals surface area contributed by atoms with Gasteiger partial charge in [0, 0.05) is 0 Å². The van der Waals surface area contributed by atoms with Crippen LogP contribution in [0.2, 0.25) is 0 Å². The fraction of sp³-hybridized carbons (Fsp3) is 0.625. The highest BCUT2D eigenvalue weighted by Gasteiger charge is 2.25. The van der Waals surface area contributed by atoms with Crippen LogP contribution >= 0.6 is 0 Å². The van der Waals surface area contributed by atoms with Crippen LogP contribution in [0.4, 0.5) is 0 Å². The predicted molar refractivity (Wildman–Crippen MR) is 74.9 cm³/mol. The Bertz CT molecular complexity index is 408. The fourth-order valence-corrected chi connectivity index (χ4v) is 2.24. The monoisotopic (exact) mass is 234 g/mol. The smallest absolute Gasteiger partial charge is 0.119 e. The molecule has 0 spiro atoms. The van der Waals surface area contributed by atoms with Gasteiger partial charge in [-0.15, -0.1) is 0 Å². The summed E-state index contributed by atoms with van der Waals surface area (Å²) in [7, 11) is 0. The van der Waals surface area contributed by atoms with Gasteiger partial charge in [-0.1, -0.05) is 47.6 Å². The van der Waals surface area contributed by atoms with Crippen LogP contribution in [0.5, 0.6) is 5.75 Å². The van der Waals surface area contributed by atoms with Gasteiger partial charge in [-0.25, -0.2) is 0 Å². The van der Waals surface area contributed by atoms with Crippen molar-refractivity contribution in [2.24, 2.45) is 0 Å². The first-order valence-corrected chi connectivity index (χ1v) is 6.44. The largest absolute Gasteiger partial charge is 0.508 e. The normalized spacial score (nSPS) is 12.9. The SMILES string of the molecule is CCC(C)(C)c1cc(C)c(C(C)(C)C)cc1O. The van der Waals surface area contributed by atoms with Crippen molar-refractivity contribution in [2.75, 3.05) is 0 Å². The molecule has 0 aliphatic carbocycles. The molecule has 1 nitrogen and oxygen atoms in total. The second kappa shape index (κ2) is 4.36. The lowest BCUT2D eigenvalue weighted by Gasteiger charge is -2.28. The van der Waals surface area contributed by atoms with Crippen molar-refractivity contribution in [1.29, 1.82) is 0 Å². The van der Waals surface area contributed by atoms with E-state index >= 15 is 0 Å². The summed E-state index contributed by atoms with van der Waals surface area (Å²) in [5.41, 5.74) is 3.67. The van der Waals surface area contributed by atoms with Gasteiger partial charge in [0.25, 0.3) is 0 Å². The summed E-state index contributed by atoms with van der Waals surface area (Å²) in [6, 6.07) is 4.10. The van der Waals surface area contributed by atoms with Crippen molar-refractivity contribution in [2.45, 2.75) is 65.7 Å². The van der Waals surface area contributed by atoms with Gasteiger partial charge in [0.15, 0.2) is 0 Å². The number of aromatic hydroxyl groups is 1. The number of hydrogen-bond acceptors (Lipinski definition) is 1. The standard InChI is InChI=1S/C16H26O/c1-8-16(6,7)13-9-11(2)12(10-14(13)17)15(3,4)5/h9-10,17H,8H2,1-7H3. The van der Waals surface area contributed by atoms with Gasteiger partial charge in [0.1, 0.15) is 5.75 Å². The summed E-state index contributed by atoms with van der Waals surface area (Å²) >= 11 is 0. The topological polar surface area (TPSA) is 20.2 Å². The van der Waals surface area contributed by atoms with E-state index in [0.717, 1.165) is 12.0 Å². The summed E-state index contributed by atoms with van der Waals surface area (Å²) in [5.74, 6) is 0.437. The summed E-state index contributed by atoms with van der Waals surface area (Å²) in [6.07, 6.45) is 1.02. The predicted octanol–water partition coefficient (Wildman–Crippen LogP) is 4.69. The van der Waals surface area contributed by atoms with Gasteiger partial charge < -0.3 is 5.11 Å². The number of benzene rings is 1. The summed E-state index contributed by atoms with van der Waals surface area (Å²) in [6.45, 7) is 15.2. The Labute approximate surface area is 106 Å². The highest BCUT2D eigenvalue weighted by Crippen LogP contribution is 2.38. The van der Waals surface area contributed by atoms with E-state index in [1.165, 1.54) is 11.1 Å². The van der Waals surface area contributed by atoms with Gasteiger partial charge >= 0.3 is 0 Å². The molecule has 1 aromatic carbocycles. The second-order valence-electron chi connectivity index (χ2n) is 6.67. The van der Waals surface area contributed by atoms with Gasteiger partial charge in [0.2, 0.25) is 0 Å². The van der Waals surface area contributed by atoms with E-state index in [1.807, 2.05) is 6.07 Å². The molecule has 0 saturated heterocycles. The first kappa shape index (κ1) is 14.1. The number of aryl methyl sites for hydroxylation is 1. The fourth-order valence-electron chi connectivity index (χ4n) is 2.24. The summed E-state index contributed by atoms with van der Waals surface area (Å²) in [4.78, 5) is 0. The number of phenols is 1. The maximum absolute atomic E-state index is 10.2. The molecule has 0 aromatic heterocycles. The average molecular weight is 234 g/mol. The molecule has 1 rings (SSSR count). The van der Waals surface area contributed by atoms with Crippen molar-refractivity contribution in [3.8, 4) is 5.75 Å². The molecule has 0 bridgehead atoms. The lowest BCUT2D eigenvalue weighted by atomic mass is 9.77. The van der Waals surface area contributed by atoms with E-state index in [2.05, 4.69) is 54.5 Å². The third-order valence-corrected chi connectivity index (χ3v) is 3.76. The molecule has 0 saturated carbocycles. The molecule has 0 heterocycles. The van der Waals surface area contributed by atoms with Gasteiger partial charge in [-0.2, -0.15) is 0 Å². The van der Waals surface area contributed by atoms with Gasteiger partial charge in [0.05, 0.1) is 0 Å². The Kier molecular flexibility index (Phi) is 3.61. The zero-order valence-corrected chi connectivity index (χ0v) is 12.3. The molecule has 0 aliphatic rings. The van der Waals surface area contributed by atoms with Crippen LogP contribution in [0, 0.1) is 6.92 Å². The lowest BCUT2D eigenvalue weighted by Crippen LogP contribution is -2.18. The first-order valence-electron chi connectivity index (χ1n) is 6.44. The molecule has 0 fully saturated rings. The van der Waals surface area contributed by atoms with Crippen LogP contribution in [0.15, 0.2) is 12.1 Å². The molecule has 0 aliphatic heterocycles. The van der Waals surface area contributed by atoms with E-state index in [0.29, 0.717) is 5.75 Å². The van der Waals surface area contributed by atoms with Crippen LogP contribution < -0.4 is 0 Å². The highest BCUT2D eigenvalue weighted by atomic mass is 16.3. The Morgan fingerprint density at radius 3 is 1.94 bits per heavy atom. The minimum Gasteiger partial charge on any atom is -0.508 e. The van der Waals surface area contributed by atoms with Crippen molar-refractivity contribution >= 4 is 0 Å². The number of rotatable bonds is 2. The molecule has 0 unspecified atom stereocenters. The van der Waals surface area contributed by atoms with Crippen LogP contribution in [0.1, 0.15) is 64.7 Å². The van der Waals surface area contributed by atoms with Crippen molar-refractivity contribution in [3.63, 3.8) is 0 Å². The molecule has 1 aromatic rings. The van der Waals surface area contributed by atoms with Crippen LogP contribution in [-0.4, -0.2) is 5.11 Å². The highest BCUT2D eigenvalue weighted by molar-refractivity contribution is 5.47. The van der Waals surface area contributed by atoms with Crippen molar-refractivity contribution < 1.29 is 5.11 Å². The van der Waals surface area contributed by atoms with E-state index in [9.17, 15) is 5.11 Å². The zero-order chi connectivity index (χ0) is 13.4. The van der Waals surface area contributed by atoms with Gasteiger partial charge in [-0.05, 0) is 46.9 Å². The molecule has 0 atom stereocenters. The van der Waals surface area contributed by atoms with Crippen LogP contribution in [-0.2, 0) is 10.8 Å². The second-order valence-corrected chi connectivity index (χ2v) is 6.67. The van der Waals surface area contributed by atoms with Crippen molar-refractivity contribution in [1.82, 2.24) is 0 Å². The number of hydrogen-bond donors (Lipinski definition) is 1. The molecule has 17 heavy (non-hydrogen) atoms. The third kappa shape index (κ3) is 2.83. The van der Waals surface area contributed by atoms with E-state index in [-0.39, 0.29) is 10.8 Å². The Balaban J connectivity index is 3.38. The first-order chi connectivity index (χ1) is 7.59. The molecule has 1 heteroatoms. The van der Waals surface area contributed by atoms with E-state index in [1.54, 1.807) is 0 Å². The zero-order valence-electron chi connectivity index (χ0n) is 12.3. The van der Waals surface area contributed by atoms with Gasteiger partial charge in [-0.3, -0.25) is 0 Å². The minimum absolute atomic E-state index is 0.0330.